The fraction of sp³-hybridized carbons (Fsp3) is 0.651. The molecule has 0 unspecified atom stereocenters. The van der Waals surface area contributed by atoms with Crippen LogP contribution in [-0.4, -0.2) is 114 Å². The van der Waals surface area contributed by atoms with Crippen molar-refractivity contribution in [2.75, 3.05) is 78.1 Å². The Morgan fingerprint density at radius 1 is 1.04 bits per heavy atom. The number of nitrogens with one attached hydrogen (secondary N) is 1. The first-order valence-electron chi connectivity index (χ1n) is 20.3. The molecule has 3 aliphatic heterocycles. The Hall–Kier alpha value is -2.67. The molecule has 3 heterocycles. The van der Waals surface area contributed by atoms with Crippen molar-refractivity contribution in [1.29, 1.82) is 0 Å². The maximum atomic E-state index is 13.6. The number of piperazine rings is 1. The third kappa shape index (κ3) is 9.23. The van der Waals surface area contributed by atoms with Gasteiger partial charge in [0.15, 0.2) is 0 Å². The zero-order valence-electron chi connectivity index (χ0n) is 34.0. The van der Waals surface area contributed by atoms with Gasteiger partial charge in [-0.2, -0.15) is 0 Å². The molecule has 1 saturated carbocycles. The lowest BCUT2D eigenvalue weighted by atomic mass is 9.63. The number of methoxy groups -OCH3 is 2. The smallest absolute Gasteiger partial charge is 0.264 e. The van der Waals surface area contributed by atoms with E-state index in [1.165, 1.54) is 11.1 Å². The van der Waals surface area contributed by atoms with Crippen LogP contribution in [0.4, 0.5) is 5.69 Å². The first-order chi connectivity index (χ1) is 26.2. The summed E-state index contributed by atoms with van der Waals surface area (Å²) in [7, 11) is -0.356. The van der Waals surface area contributed by atoms with Crippen molar-refractivity contribution in [3.63, 3.8) is 0 Å². The first kappa shape index (κ1) is 41.9. The van der Waals surface area contributed by atoms with Crippen molar-refractivity contribution < 1.29 is 27.4 Å². The van der Waals surface area contributed by atoms with Gasteiger partial charge < -0.3 is 19.1 Å². The number of nitrogens with zero attached hydrogens (tertiary/aromatic N) is 3. The number of hydrogen-bond donors (Lipinski definition) is 1. The van der Waals surface area contributed by atoms with E-state index < -0.39 is 26.8 Å². The van der Waals surface area contributed by atoms with Crippen molar-refractivity contribution in [3.8, 4) is 5.75 Å². The molecule has 1 saturated heterocycles. The van der Waals surface area contributed by atoms with Crippen LogP contribution in [0.15, 0.2) is 48.6 Å². The van der Waals surface area contributed by atoms with Gasteiger partial charge in [0.05, 0.1) is 24.2 Å². The van der Waals surface area contributed by atoms with E-state index in [2.05, 4.69) is 64.5 Å². The molecule has 304 valence electrons. The molecule has 0 radical (unpaired) electrons. The second-order valence-corrected chi connectivity index (χ2v) is 19.6. The lowest BCUT2D eigenvalue weighted by molar-refractivity contribution is -0.0992. The predicted molar refractivity (Wildman–Crippen MR) is 221 cm³/mol. The molecule has 2 bridgehead atoms. The van der Waals surface area contributed by atoms with Gasteiger partial charge >= 0.3 is 0 Å². The number of sulfonamides is 1. The van der Waals surface area contributed by atoms with E-state index in [4.69, 9.17) is 25.8 Å². The number of anilines is 1. The summed E-state index contributed by atoms with van der Waals surface area (Å²) in [4.78, 5) is 21.1. The van der Waals surface area contributed by atoms with Gasteiger partial charge in [0, 0.05) is 82.1 Å². The second-order valence-electron chi connectivity index (χ2n) is 17.1. The molecule has 2 aromatic rings. The number of rotatable bonds is 9. The lowest BCUT2D eigenvalue weighted by Gasteiger charge is -2.52. The average Bonchev–Trinajstić information content (AvgIpc) is 3.31. The molecule has 2 fully saturated rings. The maximum absolute atomic E-state index is 13.6. The molecular weight excluding hydrogens is 736 g/mol. The second kappa shape index (κ2) is 17.4. The minimum atomic E-state index is -3.97. The Labute approximate surface area is 334 Å². The SMILES string of the molecule is CCCc1cc(Cl)ccc1[C@@H]1COc2ccc3cc2N(C1)C[C@@H]1CC[C@H]1[C@](CN1CCN(C(C)(C)COC)CC1)(OC)/C=C/C[C@H](C)[C@@H](C)S(=O)(=O)NC3=O. The molecule has 12 heteroatoms. The van der Waals surface area contributed by atoms with Crippen molar-refractivity contribution in [3.05, 3.63) is 70.3 Å². The highest BCUT2D eigenvalue weighted by Crippen LogP contribution is 2.47. The third-order valence-corrected chi connectivity index (χ3v) is 15.2. The summed E-state index contributed by atoms with van der Waals surface area (Å²) in [6.07, 6.45) is 8.94. The van der Waals surface area contributed by atoms with Gasteiger partial charge in [-0.3, -0.25) is 14.6 Å². The number of carbonyl (C=O) groups is 1. The first-order valence-corrected chi connectivity index (χ1v) is 22.2. The number of fused-ring (bicyclic) bond motifs is 2. The molecule has 1 N–H and O–H groups in total. The largest absolute Gasteiger partial charge is 0.491 e. The molecule has 1 amide bonds. The summed E-state index contributed by atoms with van der Waals surface area (Å²) in [6.45, 7) is 17.4. The zero-order valence-corrected chi connectivity index (χ0v) is 35.6. The fourth-order valence-electron chi connectivity index (χ4n) is 9.31. The Morgan fingerprint density at radius 3 is 2.47 bits per heavy atom. The van der Waals surface area contributed by atoms with E-state index in [9.17, 15) is 13.2 Å². The van der Waals surface area contributed by atoms with Gasteiger partial charge in [-0.25, -0.2) is 13.1 Å². The average molecular weight is 800 g/mol. The quantitative estimate of drug-likeness (QED) is 0.276. The highest BCUT2D eigenvalue weighted by molar-refractivity contribution is 7.90. The third-order valence-electron chi connectivity index (χ3n) is 13.0. The Balaban J connectivity index is 1.37. The minimum Gasteiger partial charge on any atom is -0.491 e. The molecule has 6 rings (SSSR count). The van der Waals surface area contributed by atoms with Crippen LogP contribution in [-0.2, 0) is 25.9 Å². The molecule has 55 heavy (non-hydrogen) atoms. The Bertz CT molecular complexity index is 1800. The van der Waals surface area contributed by atoms with Crippen LogP contribution in [0.5, 0.6) is 5.75 Å². The number of amides is 1. The Kier molecular flexibility index (Phi) is 13.3. The number of carbonyl (C=O) groups excluding carboxylic acids is 1. The molecule has 4 aliphatic rings. The summed E-state index contributed by atoms with van der Waals surface area (Å²) in [6, 6.07) is 11.5. The number of halogens is 1. The van der Waals surface area contributed by atoms with Crippen molar-refractivity contribution in [2.24, 2.45) is 17.8 Å². The van der Waals surface area contributed by atoms with E-state index in [0.29, 0.717) is 43.4 Å². The fourth-order valence-corrected chi connectivity index (χ4v) is 10.8. The molecule has 1 aliphatic carbocycles. The van der Waals surface area contributed by atoms with Gasteiger partial charge in [-0.15, -0.1) is 0 Å². The van der Waals surface area contributed by atoms with Crippen LogP contribution in [0.2, 0.25) is 5.02 Å². The van der Waals surface area contributed by atoms with Gasteiger partial charge in [0.1, 0.15) is 11.4 Å². The summed E-state index contributed by atoms with van der Waals surface area (Å²) < 4.78 is 48.4. The molecular formula is C43H63ClN4O6S. The predicted octanol–water partition coefficient (Wildman–Crippen LogP) is 6.77. The number of allylic oxidation sites excluding steroid dienone is 1. The van der Waals surface area contributed by atoms with Crippen LogP contribution in [0.1, 0.15) is 87.7 Å². The molecule has 6 atom stereocenters. The lowest BCUT2D eigenvalue weighted by Crippen LogP contribution is -2.61. The van der Waals surface area contributed by atoms with Crippen LogP contribution in [0.3, 0.4) is 0 Å². The summed E-state index contributed by atoms with van der Waals surface area (Å²) in [5.41, 5.74) is 2.96. The van der Waals surface area contributed by atoms with Crippen LogP contribution >= 0.6 is 11.6 Å². The number of benzene rings is 2. The highest BCUT2D eigenvalue weighted by atomic mass is 35.5. The van der Waals surface area contributed by atoms with E-state index in [1.807, 2.05) is 32.2 Å². The van der Waals surface area contributed by atoms with E-state index in [1.54, 1.807) is 20.1 Å². The number of ether oxygens (including phenoxy) is 3. The number of hydrogen-bond acceptors (Lipinski definition) is 9. The normalized spacial score (nSPS) is 30.0. The standard InChI is InChI=1S/C43H63ClN4O6S/c1-8-10-32-23-36(44)14-15-37(32)35-26-47-25-34-12-16-38(34)43(53-7,28-46-19-21-48(22-20-46)42(4,5)29-52-6)18-9-11-30(2)31(3)55(50,51)45-41(49)33-13-17-40(54-27-35)39(47)24-33/h9,13-15,17-18,23-24,30-31,34-35,38H,8,10-12,16,19-22,25-29H2,1-7H3,(H,45,49)/b18-9+/t30-,31+,34-,35-,38+,43-/m0/s1. The number of aryl methyl sites for hydroxylation is 1. The van der Waals surface area contributed by atoms with Gasteiger partial charge in [-0.05, 0) is 106 Å². The summed E-state index contributed by atoms with van der Waals surface area (Å²) in [5.74, 6) is 0.454. The maximum Gasteiger partial charge on any atom is 0.264 e. The van der Waals surface area contributed by atoms with E-state index >= 15 is 0 Å². The van der Waals surface area contributed by atoms with E-state index in [0.717, 1.165) is 75.7 Å². The zero-order chi connectivity index (χ0) is 39.5. The van der Waals surface area contributed by atoms with Crippen molar-refractivity contribution in [1.82, 2.24) is 14.5 Å². The highest BCUT2D eigenvalue weighted by Gasteiger charge is 2.49. The molecule has 2 aromatic carbocycles. The van der Waals surface area contributed by atoms with Crippen LogP contribution in [0.25, 0.3) is 0 Å². The van der Waals surface area contributed by atoms with Crippen molar-refractivity contribution >= 4 is 33.2 Å². The van der Waals surface area contributed by atoms with Crippen molar-refractivity contribution in [2.45, 2.75) is 89.0 Å². The molecule has 0 spiro atoms. The Morgan fingerprint density at radius 2 is 1.80 bits per heavy atom. The minimum absolute atomic E-state index is 0.0401. The molecule has 10 nitrogen and oxygen atoms in total. The summed E-state index contributed by atoms with van der Waals surface area (Å²) >= 11 is 6.50. The molecule has 0 aromatic heterocycles. The van der Waals surface area contributed by atoms with E-state index in [-0.39, 0.29) is 23.3 Å². The topological polar surface area (TPSA) is 101 Å². The monoisotopic (exact) mass is 798 g/mol. The summed E-state index contributed by atoms with van der Waals surface area (Å²) in [5, 5.41) is -0.0604. The van der Waals surface area contributed by atoms with Gasteiger partial charge in [0.25, 0.3) is 5.91 Å². The van der Waals surface area contributed by atoms with Gasteiger partial charge in [-0.1, -0.05) is 50.1 Å². The van der Waals surface area contributed by atoms with Gasteiger partial charge in [0.2, 0.25) is 10.0 Å². The van der Waals surface area contributed by atoms with Crippen LogP contribution < -0.4 is 14.4 Å². The van der Waals surface area contributed by atoms with Crippen LogP contribution in [0, 0.1) is 17.8 Å².